The summed E-state index contributed by atoms with van der Waals surface area (Å²) in [4.78, 5) is 184. The second-order valence-corrected chi connectivity index (χ2v) is 24.4. The molecule has 98 heavy (non-hydrogen) atoms. The number of aromatic nitrogens is 1. The van der Waals surface area contributed by atoms with E-state index in [1.165, 1.54) is 43.0 Å². The Morgan fingerprint density at radius 1 is 0.571 bits per heavy atom. The van der Waals surface area contributed by atoms with Crippen LogP contribution in [0.3, 0.4) is 0 Å². The van der Waals surface area contributed by atoms with Crippen LogP contribution in [0.2, 0.25) is 0 Å². The highest BCUT2D eigenvalue weighted by Gasteiger charge is 2.40. The molecule has 23 N–H and O–H groups in total. The summed E-state index contributed by atoms with van der Waals surface area (Å²) in [6.07, 6.45) is 0.209. The maximum Gasteiger partial charge on any atom is 0.303 e. The molecule has 1 aromatic heterocycles. The van der Waals surface area contributed by atoms with E-state index in [1.807, 2.05) is 0 Å². The van der Waals surface area contributed by atoms with Crippen molar-refractivity contribution in [1.29, 1.82) is 0 Å². The second kappa shape index (κ2) is 38.1. The number of para-hydroxylation sites is 1. The zero-order chi connectivity index (χ0) is 72.3. The van der Waals surface area contributed by atoms with Crippen molar-refractivity contribution < 1.29 is 77.6 Å². The van der Waals surface area contributed by atoms with E-state index in [0.717, 1.165) is 0 Å². The molecule has 0 bridgehead atoms. The summed E-state index contributed by atoms with van der Waals surface area (Å²) in [6.45, 7) is 5.16. The summed E-state index contributed by atoms with van der Waals surface area (Å²) in [7, 11) is 0. The Kier molecular flexibility index (Phi) is 30.4. The number of carboxylic acid groups (broad SMARTS) is 1. The number of hydrogen-bond donors (Lipinski definition) is 18. The smallest absolute Gasteiger partial charge is 0.303 e. The van der Waals surface area contributed by atoms with Crippen molar-refractivity contribution in [2.75, 3.05) is 19.7 Å². The Bertz CT molecular complexity index is 3490. The molecule has 0 radical (unpaired) electrons. The van der Waals surface area contributed by atoms with E-state index in [4.69, 9.17) is 28.7 Å². The maximum atomic E-state index is 14.4. The number of H-pyrrole nitrogens is 1. The van der Waals surface area contributed by atoms with Gasteiger partial charge in [-0.1, -0.05) is 74.5 Å². The zero-order valence-corrected chi connectivity index (χ0v) is 55.0. The van der Waals surface area contributed by atoms with Crippen LogP contribution in [0.15, 0.2) is 90.1 Å². The number of aromatic amines is 1. The molecule has 33 nitrogen and oxygen atoms in total. The molecule has 0 spiro atoms. The average Bonchev–Trinajstić information content (AvgIpc) is 1.65. The molecule has 1 saturated heterocycles. The number of aliphatic carboxylic acids is 1. The van der Waals surface area contributed by atoms with Crippen LogP contribution in [0, 0.1) is 5.92 Å². The summed E-state index contributed by atoms with van der Waals surface area (Å²) in [5, 5.41) is 53.4. The van der Waals surface area contributed by atoms with Crippen molar-refractivity contribution in [3.63, 3.8) is 0 Å². The Morgan fingerprint density at radius 3 is 1.72 bits per heavy atom. The number of aliphatic imine (C=N–C) groups is 1. The highest BCUT2D eigenvalue weighted by Crippen LogP contribution is 2.22. The van der Waals surface area contributed by atoms with Crippen LogP contribution < -0.4 is 76.5 Å². The first-order valence-corrected chi connectivity index (χ1v) is 32.1. The number of hydrogen-bond acceptors (Lipinski definition) is 17. The zero-order valence-electron chi connectivity index (χ0n) is 55.0. The van der Waals surface area contributed by atoms with Gasteiger partial charge < -0.3 is 102 Å². The molecule has 2 heterocycles. The number of carboxylic acids is 1. The number of benzene rings is 3. The molecule has 11 unspecified atom stereocenters. The van der Waals surface area contributed by atoms with Crippen molar-refractivity contribution >= 4 is 93.7 Å². The van der Waals surface area contributed by atoms with E-state index in [9.17, 15) is 77.6 Å². The summed E-state index contributed by atoms with van der Waals surface area (Å²) < 4.78 is 0. The molecule has 5 rings (SSSR count). The van der Waals surface area contributed by atoms with Gasteiger partial charge >= 0.3 is 5.97 Å². The fourth-order valence-corrected chi connectivity index (χ4v) is 10.8. The molecule has 532 valence electrons. The number of guanidine groups is 1. The highest BCUT2D eigenvalue weighted by atomic mass is 16.4. The number of rotatable bonds is 39. The minimum atomic E-state index is -1.76. The van der Waals surface area contributed by atoms with E-state index in [0.29, 0.717) is 34.0 Å². The molecular formula is C65H91N17O16. The molecule has 1 fully saturated rings. The van der Waals surface area contributed by atoms with Gasteiger partial charge in [0.25, 0.3) is 0 Å². The lowest BCUT2D eigenvalue weighted by Gasteiger charge is -2.30. The summed E-state index contributed by atoms with van der Waals surface area (Å²) in [6, 6.07) is 6.00. The third kappa shape index (κ3) is 24.8. The third-order valence-electron chi connectivity index (χ3n) is 16.1. The number of phenols is 1. The number of amides is 12. The van der Waals surface area contributed by atoms with Gasteiger partial charge in [-0.25, -0.2) is 0 Å². The fraction of sp³-hybridized carbons (Fsp3) is 0.477. The molecular weight excluding hydrogens is 1270 g/mol. The number of carbonyl (C=O) groups excluding carboxylic acids is 12. The van der Waals surface area contributed by atoms with Gasteiger partial charge in [0, 0.05) is 62.3 Å². The van der Waals surface area contributed by atoms with E-state index in [1.54, 1.807) is 74.6 Å². The lowest BCUT2D eigenvalue weighted by Crippen LogP contribution is -2.61. The molecule has 1 aliphatic heterocycles. The average molecular weight is 1370 g/mol. The SMILES string of the molecule is CC(C)CC(NC(=O)C(CO)NC(=O)C(Cc1c[nH]c2ccccc12)NC(=O)C(Cc1ccc(O)cc1)NC(=O)C(N)CCC(=O)O)C(=O)NC(C)C(=O)NC(C)C(=O)N1CCCC1C(=O)NC(CCC(N)=O)C(=O)NC(CCCN=C(N)N)C(=O)NC(Cc1ccccc1)C(N)=O. The van der Waals surface area contributed by atoms with Crippen molar-refractivity contribution in [2.24, 2.45) is 39.6 Å². The standard InChI is InChI=1S/C65H91N17O16/c1-34(2)28-47(79-62(96)50(33-83)81-61(95)49(31-39-32-72-43-15-9-8-14-41(39)43)80-60(94)48(30-38-18-20-40(84)21-19-38)78-56(90)42(66)22-25-53(86)87)59(93)73-35(3)55(89)74-36(4)64(98)82-27-11-17-51(82)63(97)76-45(23-24-52(67)85)58(92)75-44(16-10-26-71-65(69)70)57(91)77-46(54(68)88)29-37-12-6-5-7-13-37/h5-9,12-15,18-21,32,34-36,42,44-51,72,83-84H,10-11,16-17,22-31,33,66H2,1-4H3,(H2,67,85)(H2,68,88)(H,73,93)(H,74,89)(H,75,92)(H,76,97)(H,77,91)(H,78,90)(H,79,96)(H,80,94)(H,81,95)(H,86,87)(H4,69,70,71). The Labute approximate surface area is 565 Å². The van der Waals surface area contributed by atoms with Crippen molar-refractivity contribution in [3.8, 4) is 5.75 Å². The number of phenolic OH excluding ortho intramolecular Hbond substituents is 1. The summed E-state index contributed by atoms with van der Waals surface area (Å²) in [5.74, 6) is -12.4. The Balaban J connectivity index is 1.25. The van der Waals surface area contributed by atoms with Gasteiger partial charge in [-0.15, -0.1) is 0 Å². The van der Waals surface area contributed by atoms with E-state index < -0.39 is 163 Å². The first-order valence-electron chi connectivity index (χ1n) is 32.1. The Hall–Kier alpha value is -10.7. The van der Waals surface area contributed by atoms with Gasteiger partial charge in [0.2, 0.25) is 70.9 Å². The van der Waals surface area contributed by atoms with Crippen LogP contribution in [-0.2, 0) is 81.6 Å². The number of nitrogens with one attached hydrogen (secondary N) is 10. The number of aliphatic hydroxyl groups excluding tert-OH is 1. The third-order valence-corrected chi connectivity index (χ3v) is 16.1. The predicted molar refractivity (Wildman–Crippen MR) is 356 cm³/mol. The van der Waals surface area contributed by atoms with Crippen LogP contribution in [0.1, 0.15) is 102 Å². The largest absolute Gasteiger partial charge is 0.508 e. The first-order chi connectivity index (χ1) is 46.4. The predicted octanol–water partition coefficient (Wildman–Crippen LogP) is -3.67. The number of aromatic hydroxyl groups is 1. The molecule has 33 heteroatoms. The van der Waals surface area contributed by atoms with E-state index in [2.05, 4.69) is 57.8 Å². The van der Waals surface area contributed by atoms with Crippen LogP contribution in [0.5, 0.6) is 5.75 Å². The summed E-state index contributed by atoms with van der Waals surface area (Å²) >= 11 is 0. The Morgan fingerprint density at radius 2 is 1.10 bits per heavy atom. The van der Waals surface area contributed by atoms with Crippen LogP contribution in [0.25, 0.3) is 10.9 Å². The first kappa shape index (κ1) is 78.0. The normalized spacial score (nSPS) is 15.7. The highest BCUT2D eigenvalue weighted by molar-refractivity contribution is 6.00. The molecule has 1 aliphatic rings. The molecule has 3 aromatic carbocycles. The second-order valence-electron chi connectivity index (χ2n) is 24.4. The van der Waals surface area contributed by atoms with Crippen LogP contribution in [0.4, 0.5) is 0 Å². The lowest BCUT2D eigenvalue weighted by molar-refractivity contribution is -0.142. The van der Waals surface area contributed by atoms with Crippen LogP contribution in [-0.4, -0.2) is 194 Å². The molecule has 12 amide bonds. The molecule has 4 aromatic rings. The fourth-order valence-electron chi connectivity index (χ4n) is 10.8. The topological polar surface area (TPSA) is 552 Å². The number of likely N-dealkylation sites (tertiary alicyclic amines) is 1. The van der Waals surface area contributed by atoms with Gasteiger partial charge in [-0.3, -0.25) is 67.3 Å². The van der Waals surface area contributed by atoms with Gasteiger partial charge in [-0.05, 0) is 99.6 Å². The minimum absolute atomic E-state index is 0.0199. The van der Waals surface area contributed by atoms with Crippen molar-refractivity contribution in [2.45, 2.75) is 171 Å². The molecule has 11 atom stereocenters. The van der Waals surface area contributed by atoms with E-state index in [-0.39, 0.29) is 88.5 Å². The molecule has 0 saturated carbocycles. The quantitative estimate of drug-likeness (QED) is 0.0116. The molecule has 0 aliphatic carbocycles. The number of fused-ring (bicyclic) bond motifs is 1. The van der Waals surface area contributed by atoms with E-state index >= 15 is 0 Å². The number of nitrogens with two attached hydrogens (primary N) is 5. The van der Waals surface area contributed by atoms with Gasteiger partial charge in [0.15, 0.2) is 5.96 Å². The van der Waals surface area contributed by atoms with Gasteiger partial charge in [-0.2, -0.15) is 0 Å². The van der Waals surface area contributed by atoms with Crippen molar-refractivity contribution in [3.05, 3.63) is 102 Å². The number of nitrogens with zero attached hydrogens (tertiary/aromatic N) is 2. The summed E-state index contributed by atoms with van der Waals surface area (Å²) in [5.41, 5.74) is 30.4. The number of carbonyl (C=O) groups is 13. The maximum absolute atomic E-state index is 14.4. The van der Waals surface area contributed by atoms with Gasteiger partial charge in [0.1, 0.15) is 66.2 Å². The number of primary amides is 2. The number of aliphatic hydroxyl groups is 1. The monoisotopic (exact) mass is 1370 g/mol. The van der Waals surface area contributed by atoms with Crippen LogP contribution >= 0.6 is 0 Å². The lowest BCUT2D eigenvalue weighted by atomic mass is 10.0. The van der Waals surface area contributed by atoms with Crippen molar-refractivity contribution in [1.82, 2.24) is 57.7 Å². The minimum Gasteiger partial charge on any atom is -0.508 e. The van der Waals surface area contributed by atoms with Gasteiger partial charge in [0.05, 0.1) is 12.6 Å².